The predicted molar refractivity (Wildman–Crippen MR) is 108 cm³/mol. The third-order valence-corrected chi connectivity index (χ3v) is 5.13. The van der Waals surface area contributed by atoms with Gasteiger partial charge in [-0.25, -0.2) is 0 Å². The van der Waals surface area contributed by atoms with Crippen molar-refractivity contribution < 1.29 is 9.47 Å². The van der Waals surface area contributed by atoms with E-state index < -0.39 is 0 Å². The van der Waals surface area contributed by atoms with Gasteiger partial charge in [0.15, 0.2) is 16.6 Å². The molecule has 0 bridgehead atoms. The van der Waals surface area contributed by atoms with E-state index in [0.717, 1.165) is 35.5 Å². The number of methoxy groups -OCH3 is 2. The second-order valence-electron chi connectivity index (χ2n) is 7.95. The molecular formula is C20H32N2O2S. The van der Waals surface area contributed by atoms with Gasteiger partial charge in [-0.05, 0) is 66.9 Å². The Kier molecular flexibility index (Phi) is 6.94. The summed E-state index contributed by atoms with van der Waals surface area (Å²) < 4.78 is 10.6. The van der Waals surface area contributed by atoms with Gasteiger partial charge in [-0.15, -0.1) is 0 Å². The third-order valence-electron chi connectivity index (χ3n) is 4.87. The number of nitrogens with one attached hydrogen (secondary N) is 2. The van der Waals surface area contributed by atoms with Gasteiger partial charge in [0.25, 0.3) is 0 Å². The van der Waals surface area contributed by atoms with Crippen molar-refractivity contribution in [3.8, 4) is 11.5 Å². The van der Waals surface area contributed by atoms with Crippen LogP contribution < -0.4 is 20.1 Å². The van der Waals surface area contributed by atoms with Crippen molar-refractivity contribution in [3.05, 3.63) is 23.8 Å². The predicted octanol–water partition coefficient (Wildman–Crippen LogP) is 3.93. The maximum atomic E-state index is 5.49. The third kappa shape index (κ3) is 6.07. The Morgan fingerprint density at radius 3 is 2.56 bits per heavy atom. The first-order valence-corrected chi connectivity index (χ1v) is 9.49. The lowest BCUT2D eigenvalue weighted by atomic mass is 9.71. The minimum atomic E-state index is 0.393. The molecule has 2 rings (SSSR count). The molecule has 1 aromatic carbocycles. The van der Waals surface area contributed by atoms with E-state index in [1.807, 2.05) is 12.1 Å². The largest absolute Gasteiger partial charge is 0.493 e. The van der Waals surface area contributed by atoms with Crippen molar-refractivity contribution in [3.63, 3.8) is 0 Å². The fourth-order valence-corrected chi connectivity index (χ4v) is 4.32. The molecule has 0 spiro atoms. The molecule has 0 amide bonds. The van der Waals surface area contributed by atoms with Crippen LogP contribution >= 0.6 is 12.2 Å². The molecule has 4 nitrogen and oxygen atoms in total. The highest BCUT2D eigenvalue weighted by atomic mass is 32.1. The smallest absolute Gasteiger partial charge is 0.166 e. The van der Waals surface area contributed by atoms with Gasteiger partial charge in [0.1, 0.15) is 0 Å². The van der Waals surface area contributed by atoms with Crippen LogP contribution in [0.1, 0.15) is 45.6 Å². The van der Waals surface area contributed by atoms with Gasteiger partial charge in [-0.3, -0.25) is 0 Å². The molecule has 0 aromatic heterocycles. The van der Waals surface area contributed by atoms with Gasteiger partial charge in [0, 0.05) is 12.6 Å². The van der Waals surface area contributed by atoms with Crippen LogP contribution in [0.25, 0.3) is 0 Å². The quantitative estimate of drug-likeness (QED) is 0.749. The van der Waals surface area contributed by atoms with E-state index in [4.69, 9.17) is 21.7 Å². The van der Waals surface area contributed by atoms with Gasteiger partial charge in [-0.2, -0.15) is 0 Å². The van der Waals surface area contributed by atoms with Crippen molar-refractivity contribution >= 4 is 17.3 Å². The number of hydrogen-bond acceptors (Lipinski definition) is 3. The van der Waals surface area contributed by atoms with Crippen LogP contribution in [0.4, 0.5) is 0 Å². The standard InChI is InChI=1S/C20H32N2O2S/c1-14-10-16(13-20(2,3)12-14)22-19(25)21-9-8-15-6-7-17(23-4)18(11-15)24-5/h6-7,11,14,16H,8-10,12-13H2,1-5H3,(H2,21,22,25). The summed E-state index contributed by atoms with van der Waals surface area (Å²) in [4.78, 5) is 0. The van der Waals surface area contributed by atoms with E-state index >= 15 is 0 Å². The van der Waals surface area contributed by atoms with E-state index in [9.17, 15) is 0 Å². The highest BCUT2D eigenvalue weighted by Crippen LogP contribution is 2.38. The van der Waals surface area contributed by atoms with Crippen molar-refractivity contribution in [2.75, 3.05) is 20.8 Å². The average Bonchev–Trinajstić information content (AvgIpc) is 2.52. The summed E-state index contributed by atoms with van der Waals surface area (Å²) in [5.74, 6) is 2.26. The number of thiocarbonyl (C=S) groups is 1. The molecule has 2 atom stereocenters. The molecule has 2 N–H and O–H groups in total. The Balaban J connectivity index is 1.79. The van der Waals surface area contributed by atoms with Crippen molar-refractivity contribution in [1.82, 2.24) is 10.6 Å². The summed E-state index contributed by atoms with van der Waals surface area (Å²) in [6.07, 6.45) is 4.55. The summed E-state index contributed by atoms with van der Waals surface area (Å²) in [5.41, 5.74) is 1.59. The van der Waals surface area contributed by atoms with Crippen molar-refractivity contribution in [2.24, 2.45) is 11.3 Å². The SMILES string of the molecule is COc1ccc(CCNC(=S)NC2CC(C)CC(C)(C)C2)cc1OC. The van der Waals surface area contributed by atoms with Crippen molar-refractivity contribution in [1.29, 1.82) is 0 Å². The number of hydrogen-bond donors (Lipinski definition) is 2. The summed E-state index contributed by atoms with van der Waals surface area (Å²) in [7, 11) is 3.31. The minimum Gasteiger partial charge on any atom is -0.493 e. The zero-order valence-electron chi connectivity index (χ0n) is 16.1. The molecule has 1 saturated carbocycles. The first-order valence-electron chi connectivity index (χ1n) is 9.08. The Bertz CT molecular complexity index is 589. The Labute approximate surface area is 157 Å². The van der Waals surface area contributed by atoms with Gasteiger partial charge >= 0.3 is 0 Å². The lowest BCUT2D eigenvalue weighted by Gasteiger charge is -2.39. The zero-order chi connectivity index (χ0) is 18.4. The molecule has 140 valence electrons. The maximum Gasteiger partial charge on any atom is 0.166 e. The van der Waals surface area contributed by atoms with Gasteiger partial charge < -0.3 is 20.1 Å². The minimum absolute atomic E-state index is 0.393. The van der Waals surface area contributed by atoms with Crippen LogP contribution in [0.15, 0.2) is 18.2 Å². The topological polar surface area (TPSA) is 42.5 Å². The summed E-state index contributed by atoms with van der Waals surface area (Å²) in [5, 5.41) is 7.60. The zero-order valence-corrected chi connectivity index (χ0v) is 17.0. The summed E-state index contributed by atoms with van der Waals surface area (Å²) in [6.45, 7) is 7.84. The van der Waals surface area contributed by atoms with Crippen LogP contribution in [0.2, 0.25) is 0 Å². The van der Waals surface area contributed by atoms with E-state index in [1.165, 1.54) is 24.8 Å². The molecule has 1 fully saturated rings. The molecule has 1 aliphatic carbocycles. The van der Waals surface area contributed by atoms with Crippen molar-refractivity contribution in [2.45, 2.75) is 52.5 Å². The number of rotatable bonds is 6. The molecule has 25 heavy (non-hydrogen) atoms. The number of ether oxygens (including phenoxy) is 2. The Morgan fingerprint density at radius 2 is 1.92 bits per heavy atom. The normalized spacial score (nSPS) is 22.1. The van der Waals surface area contributed by atoms with Crippen LogP contribution in [-0.4, -0.2) is 31.9 Å². The lowest BCUT2D eigenvalue weighted by Crippen LogP contribution is -2.47. The summed E-state index contributed by atoms with van der Waals surface area (Å²) >= 11 is 5.49. The molecule has 1 aliphatic rings. The average molecular weight is 365 g/mol. The fraction of sp³-hybridized carbons (Fsp3) is 0.650. The Morgan fingerprint density at radius 1 is 1.20 bits per heavy atom. The molecular weight excluding hydrogens is 332 g/mol. The highest BCUT2D eigenvalue weighted by Gasteiger charge is 2.32. The molecule has 5 heteroatoms. The van der Waals surface area contributed by atoms with Crippen LogP contribution in [-0.2, 0) is 6.42 Å². The monoisotopic (exact) mass is 364 g/mol. The van der Waals surface area contributed by atoms with E-state index in [2.05, 4.69) is 37.5 Å². The fourth-order valence-electron chi connectivity index (χ4n) is 4.05. The van der Waals surface area contributed by atoms with Gasteiger partial charge in [0.05, 0.1) is 14.2 Å². The lowest BCUT2D eigenvalue weighted by molar-refractivity contribution is 0.161. The van der Waals surface area contributed by atoms with Crippen LogP contribution in [0, 0.1) is 11.3 Å². The van der Waals surface area contributed by atoms with Gasteiger partial charge in [-0.1, -0.05) is 26.8 Å². The highest BCUT2D eigenvalue weighted by molar-refractivity contribution is 7.80. The van der Waals surface area contributed by atoms with E-state index in [1.54, 1.807) is 14.2 Å². The van der Waals surface area contributed by atoms with E-state index in [-0.39, 0.29) is 0 Å². The second kappa shape index (κ2) is 8.75. The Hall–Kier alpha value is -1.49. The summed E-state index contributed by atoms with van der Waals surface area (Å²) in [6, 6.07) is 6.49. The number of benzene rings is 1. The van der Waals surface area contributed by atoms with Crippen LogP contribution in [0.3, 0.4) is 0 Å². The molecule has 0 aliphatic heterocycles. The maximum absolute atomic E-state index is 5.49. The molecule has 1 aromatic rings. The molecule has 0 saturated heterocycles. The molecule has 0 radical (unpaired) electrons. The van der Waals surface area contributed by atoms with E-state index in [0.29, 0.717) is 11.5 Å². The first-order chi connectivity index (χ1) is 11.8. The van der Waals surface area contributed by atoms with Gasteiger partial charge in [0.2, 0.25) is 0 Å². The second-order valence-corrected chi connectivity index (χ2v) is 8.36. The molecule has 0 heterocycles. The molecule has 2 unspecified atom stereocenters. The first kappa shape index (κ1) is 19.8. The van der Waals surface area contributed by atoms with Crippen LogP contribution in [0.5, 0.6) is 11.5 Å².